The summed E-state index contributed by atoms with van der Waals surface area (Å²) in [6.45, 7) is 6.68. The van der Waals surface area contributed by atoms with Crippen LogP contribution in [-0.2, 0) is 11.2 Å². The number of nitrogens with zero attached hydrogens (tertiary/aromatic N) is 1. The quantitative estimate of drug-likeness (QED) is 0.721. The maximum Gasteiger partial charge on any atom is 0.123 e. The molecule has 4 nitrogen and oxygen atoms in total. The maximum absolute atomic E-state index is 5.67. The fourth-order valence-electron chi connectivity index (χ4n) is 1.70. The van der Waals surface area contributed by atoms with Gasteiger partial charge in [0.2, 0.25) is 0 Å². The molecule has 1 aromatic rings. The minimum absolute atomic E-state index is 0.344. The van der Waals surface area contributed by atoms with Crippen LogP contribution in [0.5, 0.6) is 0 Å². The lowest BCUT2D eigenvalue weighted by molar-refractivity contribution is 0.122. The number of rotatable bonds is 8. The van der Waals surface area contributed by atoms with Crippen LogP contribution in [-0.4, -0.2) is 30.8 Å². The highest BCUT2D eigenvalue weighted by Gasteiger charge is 2.09. The molecule has 0 saturated carbocycles. The van der Waals surface area contributed by atoms with Crippen molar-refractivity contribution in [2.75, 3.05) is 25.5 Å². The lowest BCUT2D eigenvalue weighted by atomic mass is 10.1. The Kier molecular flexibility index (Phi) is 6.58. The number of nitrogens with one attached hydrogen (secondary N) is 1. The van der Waals surface area contributed by atoms with E-state index in [1.165, 1.54) is 5.56 Å². The zero-order valence-corrected chi connectivity index (χ0v) is 10.8. The Labute approximate surface area is 104 Å². The number of nitrogen functional groups attached to an aromatic ring is 1. The van der Waals surface area contributed by atoms with E-state index in [1.807, 2.05) is 19.1 Å². The molecule has 4 heteroatoms. The van der Waals surface area contributed by atoms with Crippen molar-refractivity contribution >= 4 is 5.82 Å². The molecule has 0 fully saturated rings. The first-order valence-corrected chi connectivity index (χ1v) is 6.27. The third-order valence-electron chi connectivity index (χ3n) is 2.53. The summed E-state index contributed by atoms with van der Waals surface area (Å²) in [7, 11) is 0. The fraction of sp³-hybridized carbons (Fsp3) is 0.615. The summed E-state index contributed by atoms with van der Waals surface area (Å²) in [5.41, 5.74) is 6.87. The molecule has 0 spiro atoms. The number of pyridine rings is 1. The highest BCUT2D eigenvalue weighted by molar-refractivity contribution is 5.32. The topological polar surface area (TPSA) is 60.2 Å². The van der Waals surface area contributed by atoms with E-state index in [4.69, 9.17) is 10.5 Å². The molecule has 0 radical (unpaired) electrons. The average Bonchev–Trinajstić information content (AvgIpc) is 2.32. The second-order valence-corrected chi connectivity index (χ2v) is 4.10. The molecule has 1 unspecified atom stereocenters. The molecule has 17 heavy (non-hydrogen) atoms. The van der Waals surface area contributed by atoms with Crippen LogP contribution < -0.4 is 11.1 Å². The van der Waals surface area contributed by atoms with E-state index < -0.39 is 0 Å². The second-order valence-electron chi connectivity index (χ2n) is 4.10. The Bertz CT molecular complexity index is 309. The zero-order chi connectivity index (χ0) is 12.5. The van der Waals surface area contributed by atoms with Gasteiger partial charge in [-0.25, -0.2) is 4.98 Å². The normalized spacial score (nSPS) is 12.6. The van der Waals surface area contributed by atoms with Crippen molar-refractivity contribution in [3.63, 3.8) is 0 Å². The molecule has 0 bridgehead atoms. The van der Waals surface area contributed by atoms with Crippen LogP contribution in [0, 0.1) is 0 Å². The summed E-state index contributed by atoms with van der Waals surface area (Å²) in [5.74, 6) is 0.577. The molecule has 0 aromatic carbocycles. The van der Waals surface area contributed by atoms with Gasteiger partial charge in [-0.1, -0.05) is 6.92 Å². The minimum Gasteiger partial charge on any atom is -0.384 e. The van der Waals surface area contributed by atoms with E-state index in [9.17, 15) is 0 Å². The summed E-state index contributed by atoms with van der Waals surface area (Å²) in [4.78, 5) is 4.00. The maximum atomic E-state index is 5.67. The van der Waals surface area contributed by atoms with Gasteiger partial charge in [0.1, 0.15) is 5.82 Å². The molecule has 1 aromatic heterocycles. The second kappa shape index (κ2) is 8.03. The first-order valence-electron chi connectivity index (χ1n) is 6.27. The van der Waals surface area contributed by atoms with Gasteiger partial charge in [-0.3, -0.25) is 0 Å². The molecular weight excluding hydrogens is 214 g/mol. The molecule has 0 amide bonds. The Morgan fingerprint density at radius 2 is 2.29 bits per heavy atom. The molecule has 96 valence electrons. The zero-order valence-electron chi connectivity index (χ0n) is 10.8. The van der Waals surface area contributed by atoms with E-state index in [1.54, 1.807) is 6.20 Å². The first kappa shape index (κ1) is 13.9. The van der Waals surface area contributed by atoms with Crippen LogP contribution in [0.1, 0.15) is 25.8 Å². The van der Waals surface area contributed by atoms with Crippen molar-refractivity contribution in [3.05, 3.63) is 23.9 Å². The van der Waals surface area contributed by atoms with Gasteiger partial charge in [-0.05, 0) is 44.0 Å². The number of hydrogen-bond acceptors (Lipinski definition) is 4. The average molecular weight is 237 g/mol. The van der Waals surface area contributed by atoms with E-state index in [-0.39, 0.29) is 0 Å². The number of nitrogens with two attached hydrogens (primary N) is 1. The number of aromatic nitrogens is 1. The summed E-state index contributed by atoms with van der Waals surface area (Å²) in [5, 5.41) is 3.49. The number of hydrogen-bond donors (Lipinski definition) is 2. The van der Waals surface area contributed by atoms with Crippen LogP contribution >= 0.6 is 0 Å². The number of ether oxygens (including phenoxy) is 1. The Hall–Kier alpha value is -1.13. The molecular formula is C13H23N3O. The van der Waals surface area contributed by atoms with Crippen molar-refractivity contribution in [2.24, 2.45) is 0 Å². The summed E-state index contributed by atoms with van der Waals surface area (Å²) in [6, 6.07) is 4.27. The van der Waals surface area contributed by atoms with Crippen molar-refractivity contribution < 1.29 is 4.74 Å². The molecule has 1 rings (SSSR count). The van der Waals surface area contributed by atoms with Gasteiger partial charge in [0, 0.05) is 18.8 Å². The lowest BCUT2D eigenvalue weighted by Crippen LogP contribution is -2.36. The first-order chi connectivity index (χ1) is 8.26. The Balaban J connectivity index is 2.51. The van der Waals surface area contributed by atoms with Crippen molar-refractivity contribution in [1.82, 2.24) is 10.3 Å². The smallest absolute Gasteiger partial charge is 0.123 e. The van der Waals surface area contributed by atoms with Gasteiger partial charge in [-0.2, -0.15) is 0 Å². The van der Waals surface area contributed by atoms with Gasteiger partial charge in [0.05, 0.1) is 6.61 Å². The molecule has 0 aliphatic carbocycles. The molecule has 0 aliphatic rings. The van der Waals surface area contributed by atoms with E-state index in [2.05, 4.69) is 17.2 Å². The third kappa shape index (κ3) is 5.65. The largest absolute Gasteiger partial charge is 0.384 e. The van der Waals surface area contributed by atoms with E-state index in [0.29, 0.717) is 11.9 Å². The van der Waals surface area contributed by atoms with Gasteiger partial charge >= 0.3 is 0 Å². The SMILES string of the molecule is CCCNC(COCC)Cc1ccnc(N)c1. The fourth-order valence-corrected chi connectivity index (χ4v) is 1.70. The van der Waals surface area contributed by atoms with Crippen LogP contribution in [0.15, 0.2) is 18.3 Å². The summed E-state index contributed by atoms with van der Waals surface area (Å²) < 4.78 is 5.49. The summed E-state index contributed by atoms with van der Waals surface area (Å²) >= 11 is 0. The molecule has 1 atom stereocenters. The van der Waals surface area contributed by atoms with Crippen molar-refractivity contribution in [3.8, 4) is 0 Å². The van der Waals surface area contributed by atoms with Crippen molar-refractivity contribution in [1.29, 1.82) is 0 Å². The highest BCUT2D eigenvalue weighted by Crippen LogP contribution is 2.06. The van der Waals surface area contributed by atoms with Crippen molar-refractivity contribution in [2.45, 2.75) is 32.7 Å². The Morgan fingerprint density at radius 3 is 2.94 bits per heavy atom. The van der Waals surface area contributed by atoms with Crippen LogP contribution in [0.3, 0.4) is 0 Å². The van der Waals surface area contributed by atoms with Crippen LogP contribution in [0.25, 0.3) is 0 Å². The predicted molar refractivity (Wildman–Crippen MR) is 70.9 cm³/mol. The predicted octanol–water partition coefficient (Wildman–Crippen LogP) is 1.61. The number of anilines is 1. The lowest BCUT2D eigenvalue weighted by Gasteiger charge is -2.18. The minimum atomic E-state index is 0.344. The van der Waals surface area contributed by atoms with Gasteiger partial charge < -0.3 is 15.8 Å². The standard InChI is InChI=1S/C13H23N3O/c1-3-6-15-12(10-17-4-2)8-11-5-7-16-13(14)9-11/h5,7,9,12,15H,3-4,6,8,10H2,1-2H3,(H2,14,16). The highest BCUT2D eigenvalue weighted by atomic mass is 16.5. The van der Waals surface area contributed by atoms with Gasteiger partial charge in [0.15, 0.2) is 0 Å². The van der Waals surface area contributed by atoms with Crippen LogP contribution in [0.2, 0.25) is 0 Å². The molecule has 0 aliphatic heterocycles. The van der Waals surface area contributed by atoms with Gasteiger partial charge in [0.25, 0.3) is 0 Å². The third-order valence-corrected chi connectivity index (χ3v) is 2.53. The molecule has 3 N–H and O–H groups in total. The van der Waals surface area contributed by atoms with E-state index in [0.717, 1.165) is 32.6 Å². The monoisotopic (exact) mass is 237 g/mol. The van der Waals surface area contributed by atoms with E-state index >= 15 is 0 Å². The molecule has 1 heterocycles. The molecule has 0 saturated heterocycles. The Morgan fingerprint density at radius 1 is 1.47 bits per heavy atom. The summed E-state index contributed by atoms with van der Waals surface area (Å²) in [6.07, 6.45) is 3.80. The van der Waals surface area contributed by atoms with Crippen LogP contribution in [0.4, 0.5) is 5.82 Å². The van der Waals surface area contributed by atoms with Gasteiger partial charge in [-0.15, -0.1) is 0 Å².